The number of nitrogens with zero attached hydrogens (tertiary/aromatic N) is 3. The van der Waals surface area contributed by atoms with Gasteiger partial charge in [0.05, 0.1) is 6.61 Å². The average molecular weight is 272 g/mol. The second kappa shape index (κ2) is 8.20. The van der Waals surface area contributed by atoms with E-state index in [1.807, 2.05) is 0 Å². The largest absolute Gasteiger partial charge is 0.464 e. The lowest BCUT2D eigenvalue weighted by Gasteiger charge is -2.22. The highest BCUT2D eigenvalue weighted by molar-refractivity contribution is 5.81. The molecule has 0 saturated heterocycles. The smallest absolute Gasteiger partial charge is 0.408 e. The number of rotatable bonds is 6. The molecule has 8 nitrogen and oxygen atoms in total. The highest BCUT2D eigenvalue weighted by Crippen LogP contribution is 2.07. The highest BCUT2D eigenvalue weighted by atomic mass is 16.6. The lowest BCUT2D eigenvalue weighted by atomic mass is 10.2. The van der Waals surface area contributed by atoms with E-state index in [-0.39, 0.29) is 19.6 Å². The number of nitrogens with one attached hydrogen (secondary N) is 1. The minimum Gasteiger partial charge on any atom is -0.464 e. The fourth-order valence-electron chi connectivity index (χ4n) is 1.17. The van der Waals surface area contributed by atoms with Gasteiger partial charge in [-0.3, -0.25) is 0 Å². The van der Waals surface area contributed by atoms with Crippen molar-refractivity contribution in [3.63, 3.8) is 0 Å². The molecule has 0 heterocycles. The molecule has 108 valence electrons. The molecule has 0 rings (SSSR count). The van der Waals surface area contributed by atoms with Gasteiger partial charge in [-0.25, -0.2) is 9.59 Å². The van der Waals surface area contributed by atoms with Crippen LogP contribution in [-0.4, -0.2) is 36.9 Å². The molecule has 0 aromatic rings. The Morgan fingerprint density at radius 3 is 2.53 bits per heavy atom. The molecular weight excluding hydrogens is 252 g/mol. The van der Waals surface area contributed by atoms with Crippen molar-refractivity contribution in [2.24, 2.45) is 5.11 Å². The summed E-state index contributed by atoms with van der Waals surface area (Å²) in [4.78, 5) is 25.8. The maximum absolute atomic E-state index is 11.6. The molecule has 1 amide bonds. The summed E-state index contributed by atoms with van der Waals surface area (Å²) in [6, 6.07) is -0.889. The van der Waals surface area contributed by atoms with Crippen LogP contribution in [0.15, 0.2) is 5.11 Å². The van der Waals surface area contributed by atoms with Crippen LogP contribution in [0, 0.1) is 0 Å². The summed E-state index contributed by atoms with van der Waals surface area (Å²) < 4.78 is 9.86. The Kier molecular flexibility index (Phi) is 7.36. The third-order valence-electron chi connectivity index (χ3n) is 1.84. The molecule has 0 aliphatic rings. The van der Waals surface area contributed by atoms with Gasteiger partial charge in [0.25, 0.3) is 0 Å². The van der Waals surface area contributed by atoms with Crippen molar-refractivity contribution in [2.75, 3.05) is 13.2 Å². The van der Waals surface area contributed by atoms with E-state index < -0.39 is 23.7 Å². The molecule has 0 spiro atoms. The fraction of sp³-hybridized carbons (Fsp3) is 0.818. The molecule has 1 N–H and O–H groups in total. The summed E-state index contributed by atoms with van der Waals surface area (Å²) in [5, 5.41) is 5.71. The lowest BCUT2D eigenvalue weighted by Crippen LogP contribution is -2.44. The fourth-order valence-corrected chi connectivity index (χ4v) is 1.17. The van der Waals surface area contributed by atoms with Crippen molar-refractivity contribution >= 4 is 12.1 Å². The van der Waals surface area contributed by atoms with E-state index in [4.69, 9.17) is 15.0 Å². The molecule has 0 aliphatic heterocycles. The van der Waals surface area contributed by atoms with E-state index in [2.05, 4.69) is 15.3 Å². The number of hydrogen-bond donors (Lipinski definition) is 1. The zero-order chi connectivity index (χ0) is 14.9. The number of amides is 1. The SMILES string of the molecule is CCOC(=O)[C@H](CCN=[N+]=[N-])NC(=O)OC(C)(C)C. The third-order valence-corrected chi connectivity index (χ3v) is 1.84. The molecule has 0 fully saturated rings. The van der Waals surface area contributed by atoms with Crippen LogP contribution in [0.2, 0.25) is 0 Å². The molecule has 0 aromatic carbocycles. The molecule has 8 heteroatoms. The first kappa shape index (κ1) is 17.1. The Hall–Kier alpha value is -1.95. The second-order valence-corrected chi connectivity index (χ2v) is 4.69. The second-order valence-electron chi connectivity index (χ2n) is 4.69. The van der Waals surface area contributed by atoms with Crippen molar-refractivity contribution in [3.05, 3.63) is 10.4 Å². The maximum atomic E-state index is 11.6. The molecule has 0 aliphatic carbocycles. The van der Waals surface area contributed by atoms with E-state index in [1.54, 1.807) is 27.7 Å². The Morgan fingerprint density at radius 2 is 2.05 bits per heavy atom. The van der Waals surface area contributed by atoms with Gasteiger partial charge in [0, 0.05) is 11.5 Å². The van der Waals surface area contributed by atoms with Crippen molar-refractivity contribution in [2.45, 2.75) is 45.8 Å². The number of alkyl carbamates (subject to hydrolysis) is 1. The molecule has 0 aromatic heterocycles. The summed E-state index contributed by atoms with van der Waals surface area (Å²) in [6.45, 7) is 7.09. The van der Waals surface area contributed by atoms with Gasteiger partial charge < -0.3 is 14.8 Å². The first-order valence-electron chi connectivity index (χ1n) is 5.97. The van der Waals surface area contributed by atoms with Gasteiger partial charge in [0.15, 0.2) is 0 Å². The van der Waals surface area contributed by atoms with Crippen molar-refractivity contribution < 1.29 is 19.1 Å². The summed E-state index contributed by atoms with van der Waals surface area (Å²) in [7, 11) is 0. The summed E-state index contributed by atoms with van der Waals surface area (Å²) in [5.41, 5.74) is 7.53. The Bertz CT molecular complexity index is 358. The molecule has 1 atom stereocenters. The first-order chi connectivity index (χ1) is 8.80. The summed E-state index contributed by atoms with van der Waals surface area (Å²) in [6.07, 6.45) is -0.561. The minimum absolute atomic E-state index is 0.0791. The van der Waals surface area contributed by atoms with Crippen LogP contribution >= 0.6 is 0 Å². The number of hydrogen-bond acceptors (Lipinski definition) is 5. The molecule has 0 bridgehead atoms. The van der Waals surface area contributed by atoms with Gasteiger partial charge in [-0.15, -0.1) is 0 Å². The predicted molar refractivity (Wildman–Crippen MR) is 68.4 cm³/mol. The maximum Gasteiger partial charge on any atom is 0.408 e. The number of ether oxygens (including phenoxy) is 2. The normalized spacial score (nSPS) is 12.0. The third kappa shape index (κ3) is 8.73. The zero-order valence-electron chi connectivity index (χ0n) is 11.7. The predicted octanol–water partition coefficient (Wildman–Crippen LogP) is 2.14. The standard InChI is InChI=1S/C11H20N4O4/c1-5-18-9(16)8(6-7-13-15-12)14-10(17)19-11(2,3)4/h8H,5-7H2,1-4H3,(H,14,17)/t8-/m0/s1. The van der Waals surface area contributed by atoms with Crippen LogP contribution in [0.3, 0.4) is 0 Å². The van der Waals surface area contributed by atoms with Gasteiger partial charge in [-0.2, -0.15) is 0 Å². The molecular formula is C11H20N4O4. The van der Waals surface area contributed by atoms with E-state index in [0.29, 0.717) is 0 Å². The Morgan fingerprint density at radius 1 is 1.42 bits per heavy atom. The minimum atomic E-state index is -0.889. The van der Waals surface area contributed by atoms with E-state index in [9.17, 15) is 9.59 Å². The number of azide groups is 1. The topological polar surface area (TPSA) is 113 Å². The molecule has 0 unspecified atom stereocenters. The van der Waals surface area contributed by atoms with Crippen LogP contribution in [-0.2, 0) is 14.3 Å². The Labute approximate surface area is 112 Å². The lowest BCUT2D eigenvalue weighted by molar-refractivity contribution is -0.145. The summed E-state index contributed by atoms with van der Waals surface area (Å²) in [5.74, 6) is -0.582. The van der Waals surface area contributed by atoms with E-state index in [1.165, 1.54) is 0 Å². The Balaban J connectivity index is 4.51. The van der Waals surface area contributed by atoms with Gasteiger partial charge in [0.1, 0.15) is 11.6 Å². The molecule has 0 radical (unpaired) electrons. The van der Waals surface area contributed by atoms with E-state index >= 15 is 0 Å². The van der Waals surface area contributed by atoms with Crippen LogP contribution < -0.4 is 5.32 Å². The highest BCUT2D eigenvalue weighted by Gasteiger charge is 2.24. The van der Waals surface area contributed by atoms with Gasteiger partial charge in [-0.05, 0) is 39.6 Å². The van der Waals surface area contributed by atoms with Crippen molar-refractivity contribution in [3.8, 4) is 0 Å². The number of esters is 1. The average Bonchev–Trinajstić information content (AvgIpc) is 2.25. The van der Waals surface area contributed by atoms with Gasteiger partial charge in [-0.1, -0.05) is 5.11 Å². The molecule has 19 heavy (non-hydrogen) atoms. The monoisotopic (exact) mass is 272 g/mol. The molecule has 0 saturated carbocycles. The number of carbonyl (C=O) groups is 2. The van der Waals surface area contributed by atoms with Crippen molar-refractivity contribution in [1.82, 2.24) is 5.32 Å². The quantitative estimate of drug-likeness (QED) is 0.345. The first-order valence-corrected chi connectivity index (χ1v) is 5.97. The van der Waals surface area contributed by atoms with Crippen LogP contribution in [0.25, 0.3) is 10.4 Å². The number of carbonyl (C=O) groups excluding carboxylic acids is 2. The van der Waals surface area contributed by atoms with Crippen LogP contribution in [0.1, 0.15) is 34.1 Å². The van der Waals surface area contributed by atoms with Gasteiger partial charge >= 0.3 is 12.1 Å². The summed E-state index contributed by atoms with van der Waals surface area (Å²) >= 11 is 0. The van der Waals surface area contributed by atoms with Crippen LogP contribution in [0.5, 0.6) is 0 Å². The van der Waals surface area contributed by atoms with Crippen LogP contribution in [0.4, 0.5) is 4.79 Å². The van der Waals surface area contributed by atoms with E-state index in [0.717, 1.165) is 0 Å². The zero-order valence-corrected chi connectivity index (χ0v) is 11.7. The van der Waals surface area contributed by atoms with Gasteiger partial charge in [0.2, 0.25) is 0 Å². The van der Waals surface area contributed by atoms with Crippen molar-refractivity contribution in [1.29, 1.82) is 0 Å².